The molecule has 110 valence electrons. The number of nitrogens with zero attached hydrogens (tertiary/aromatic N) is 1. The van der Waals surface area contributed by atoms with Gasteiger partial charge in [0.1, 0.15) is 5.88 Å². The van der Waals surface area contributed by atoms with Crippen LogP contribution < -0.4 is 0 Å². The highest BCUT2D eigenvalue weighted by Crippen LogP contribution is 2.20. The first-order valence-electron chi connectivity index (χ1n) is 6.58. The van der Waals surface area contributed by atoms with Gasteiger partial charge in [0.2, 0.25) is 5.91 Å². The predicted octanol–water partition coefficient (Wildman–Crippen LogP) is 1.69. The third kappa shape index (κ3) is 4.21. The molecule has 0 N–H and O–H groups in total. The van der Waals surface area contributed by atoms with E-state index >= 15 is 0 Å². The standard InChI is InChI=1S/C14H18ClNO3S/c15-8-14(17)16(9-12-4-2-1-3-5-12)10-13-6-7-20(18,19)11-13/h1-5,13H,6-11H2. The van der Waals surface area contributed by atoms with E-state index in [0.717, 1.165) is 5.56 Å². The summed E-state index contributed by atoms with van der Waals surface area (Å²) in [6.45, 7) is 0.933. The lowest BCUT2D eigenvalue weighted by Crippen LogP contribution is -2.36. The number of rotatable bonds is 5. The molecule has 4 nitrogen and oxygen atoms in total. The quantitative estimate of drug-likeness (QED) is 0.777. The first kappa shape index (κ1) is 15.3. The molecule has 0 aliphatic carbocycles. The molecule has 1 aliphatic heterocycles. The van der Waals surface area contributed by atoms with Crippen molar-refractivity contribution in [1.82, 2.24) is 4.90 Å². The van der Waals surface area contributed by atoms with E-state index in [0.29, 0.717) is 19.5 Å². The first-order chi connectivity index (χ1) is 9.50. The number of benzene rings is 1. The molecule has 1 heterocycles. The van der Waals surface area contributed by atoms with Gasteiger partial charge in [-0.05, 0) is 17.9 Å². The second-order valence-electron chi connectivity index (χ2n) is 5.16. The van der Waals surface area contributed by atoms with Crippen LogP contribution in [0, 0.1) is 5.92 Å². The Morgan fingerprint density at radius 2 is 2.00 bits per heavy atom. The number of carbonyl (C=O) groups excluding carboxylic acids is 1. The average Bonchev–Trinajstić information content (AvgIpc) is 2.77. The van der Waals surface area contributed by atoms with Crippen molar-refractivity contribution >= 4 is 27.3 Å². The number of hydrogen-bond donors (Lipinski definition) is 0. The third-order valence-corrected chi connectivity index (χ3v) is 5.55. The number of hydrogen-bond acceptors (Lipinski definition) is 3. The van der Waals surface area contributed by atoms with Crippen molar-refractivity contribution in [2.45, 2.75) is 13.0 Å². The van der Waals surface area contributed by atoms with Crippen LogP contribution in [-0.2, 0) is 21.2 Å². The molecule has 0 aromatic heterocycles. The van der Waals surface area contributed by atoms with Crippen LogP contribution in [0.15, 0.2) is 30.3 Å². The molecule has 0 bridgehead atoms. The van der Waals surface area contributed by atoms with Crippen molar-refractivity contribution in [3.63, 3.8) is 0 Å². The summed E-state index contributed by atoms with van der Waals surface area (Å²) in [6, 6.07) is 9.64. The number of alkyl halides is 1. The minimum absolute atomic E-state index is 0.0240. The largest absolute Gasteiger partial charge is 0.337 e. The number of sulfone groups is 1. The molecule has 1 fully saturated rings. The summed E-state index contributed by atoms with van der Waals surface area (Å²) >= 11 is 5.64. The molecule has 6 heteroatoms. The lowest BCUT2D eigenvalue weighted by Gasteiger charge is -2.24. The summed E-state index contributed by atoms with van der Waals surface area (Å²) in [5.41, 5.74) is 1.02. The Hall–Kier alpha value is -1.07. The van der Waals surface area contributed by atoms with Crippen molar-refractivity contribution in [2.75, 3.05) is 23.9 Å². The van der Waals surface area contributed by atoms with E-state index in [2.05, 4.69) is 0 Å². The fourth-order valence-electron chi connectivity index (χ4n) is 2.47. The molecule has 1 unspecified atom stereocenters. The maximum atomic E-state index is 11.9. The van der Waals surface area contributed by atoms with Gasteiger partial charge in [0.15, 0.2) is 9.84 Å². The van der Waals surface area contributed by atoms with Crippen LogP contribution in [0.5, 0.6) is 0 Å². The Labute approximate surface area is 124 Å². The van der Waals surface area contributed by atoms with Crippen LogP contribution in [0.1, 0.15) is 12.0 Å². The Kier molecular flexibility index (Phi) is 5.05. The minimum Gasteiger partial charge on any atom is -0.337 e. The van der Waals surface area contributed by atoms with Gasteiger partial charge in [-0.3, -0.25) is 4.79 Å². The molecule has 1 aromatic rings. The fourth-order valence-corrected chi connectivity index (χ4v) is 4.49. The molecule has 1 atom stereocenters. The maximum Gasteiger partial charge on any atom is 0.237 e. The van der Waals surface area contributed by atoms with Crippen molar-refractivity contribution in [2.24, 2.45) is 5.92 Å². The maximum absolute atomic E-state index is 11.9. The second kappa shape index (κ2) is 6.59. The molecule has 0 saturated carbocycles. The molecule has 0 spiro atoms. The van der Waals surface area contributed by atoms with Crippen LogP contribution >= 0.6 is 11.6 Å². The summed E-state index contributed by atoms with van der Waals surface area (Å²) < 4.78 is 23.0. The molecule has 1 saturated heterocycles. The Bertz CT molecular complexity index is 559. The van der Waals surface area contributed by atoms with Crippen LogP contribution in [0.3, 0.4) is 0 Å². The second-order valence-corrected chi connectivity index (χ2v) is 7.66. The van der Waals surface area contributed by atoms with E-state index < -0.39 is 9.84 Å². The smallest absolute Gasteiger partial charge is 0.237 e. The molecule has 0 radical (unpaired) electrons. The highest BCUT2D eigenvalue weighted by atomic mass is 35.5. The van der Waals surface area contributed by atoms with Gasteiger partial charge in [0, 0.05) is 13.1 Å². The number of carbonyl (C=O) groups is 1. The van der Waals surface area contributed by atoms with Gasteiger partial charge in [-0.15, -0.1) is 11.6 Å². The molecule has 2 rings (SSSR count). The van der Waals surface area contributed by atoms with Gasteiger partial charge in [0.25, 0.3) is 0 Å². The topological polar surface area (TPSA) is 54.5 Å². The third-order valence-electron chi connectivity index (χ3n) is 3.49. The molecular weight excluding hydrogens is 298 g/mol. The lowest BCUT2D eigenvalue weighted by molar-refractivity contribution is -0.129. The Morgan fingerprint density at radius 3 is 2.55 bits per heavy atom. The lowest BCUT2D eigenvalue weighted by atomic mass is 10.1. The first-order valence-corrected chi connectivity index (χ1v) is 8.94. The zero-order valence-electron chi connectivity index (χ0n) is 11.2. The molecule has 1 aliphatic rings. The van der Waals surface area contributed by atoms with Crippen molar-refractivity contribution in [3.05, 3.63) is 35.9 Å². The van der Waals surface area contributed by atoms with Crippen LogP contribution in [0.4, 0.5) is 0 Å². The van der Waals surface area contributed by atoms with E-state index in [1.807, 2.05) is 30.3 Å². The van der Waals surface area contributed by atoms with Gasteiger partial charge >= 0.3 is 0 Å². The summed E-state index contributed by atoms with van der Waals surface area (Å²) in [5.74, 6) is 0.196. The molecule has 20 heavy (non-hydrogen) atoms. The Balaban J connectivity index is 2.03. The number of amides is 1. The van der Waals surface area contributed by atoms with E-state index in [1.54, 1.807) is 4.90 Å². The summed E-state index contributed by atoms with van der Waals surface area (Å²) in [5, 5.41) is 0. The van der Waals surface area contributed by atoms with Gasteiger partial charge in [0.05, 0.1) is 11.5 Å². The van der Waals surface area contributed by atoms with Crippen molar-refractivity contribution in [3.8, 4) is 0 Å². The van der Waals surface area contributed by atoms with Crippen molar-refractivity contribution in [1.29, 1.82) is 0 Å². The summed E-state index contributed by atoms with van der Waals surface area (Å²) in [7, 11) is -2.92. The van der Waals surface area contributed by atoms with Crippen LogP contribution in [0.2, 0.25) is 0 Å². The SMILES string of the molecule is O=C(CCl)N(Cc1ccccc1)CC1CCS(=O)(=O)C1. The monoisotopic (exact) mass is 315 g/mol. The highest BCUT2D eigenvalue weighted by molar-refractivity contribution is 7.91. The van der Waals surface area contributed by atoms with Gasteiger partial charge in [-0.1, -0.05) is 30.3 Å². The normalized spacial score (nSPS) is 20.8. The molecular formula is C14H18ClNO3S. The summed E-state index contributed by atoms with van der Waals surface area (Å²) in [4.78, 5) is 13.6. The van der Waals surface area contributed by atoms with Crippen molar-refractivity contribution < 1.29 is 13.2 Å². The van der Waals surface area contributed by atoms with Crippen LogP contribution in [-0.4, -0.2) is 43.2 Å². The van der Waals surface area contributed by atoms with E-state index in [1.165, 1.54) is 0 Å². The van der Waals surface area contributed by atoms with Gasteiger partial charge in [-0.25, -0.2) is 8.42 Å². The fraction of sp³-hybridized carbons (Fsp3) is 0.500. The minimum atomic E-state index is -2.92. The number of halogens is 1. The van der Waals surface area contributed by atoms with Crippen LogP contribution in [0.25, 0.3) is 0 Å². The average molecular weight is 316 g/mol. The van der Waals surface area contributed by atoms with E-state index in [-0.39, 0.29) is 29.2 Å². The van der Waals surface area contributed by atoms with E-state index in [4.69, 9.17) is 11.6 Å². The highest BCUT2D eigenvalue weighted by Gasteiger charge is 2.30. The molecule has 1 amide bonds. The Morgan fingerprint density at radius 1 is 1.30 bits per heavy atom. The molecule has 1 aromatic carbocycles. The summed E-state index contributed by atoms with van der Waals surface area (Å²) in [6.07, 6.45) is 0.628. The zero-order valence-corrected chi connectivity index (χ0v) is 12.7. The van der Waals surface area contributed by atoms with Gasteiger partial charge in [-0.2, -0.15) is 0 Å². The predicted molar refractivity (Wildman–Crippen MR) is 79.3 cm³/mol. The van der Waals surface area contributed by atoms with Gasteiger partial charge < -0.3 is 4.90 Å². The van der Waals surface area contributed by atoms with E-state index in [9.17, 15) is 13.2 Å². The zero-order chi connectivity index (χ0) is 14.6.